The summed E-state index contributed by atoms with van der Waals surface area (Å²) in [5.41, 5.74) is 19.2. The van der Waals surface area contributed by atoms with Gasteiger partial charge in [0.25, 0.3) is 0 Å². The number of hydrogen-bond acceptors (Lipinski definition) is 2. The fourth-order valence-corrected chi connectivity index (χ4v) is 12.9. The van der Waals surface area contributed by atoms with Crippen LogP contribution in [0.15, 0.2) is 264 Å². The Morgan fingerprint density at radius 1 is 0.344 bits per heavy atom. The van der Waals surface area contributed by atoms with Crippen LogP contribution < -0.4 is 9.80 Å². The largest absolute Gasteiger partial charge is 0.416 e. The van der Waals surface area contributed by atoms with Crippen LogP contribution in [0.5, 0.6) is 0 Å². The Labute approximate surface area is 527 Å². The number of benzene rings is 8. The lowest BCUT2D eigenvalue weighted by Gasteiger charge is -2.44. The second-order valence-corrected chi connectivity index (χ2v) is 28.5. The zero-order chi connectivity index (χ0) is 64.0. The molecule has 8 aromatic carbocycles. The van der Waals surface area contributed by atoms with Gasteiger partial charge in [-0.05, 0) is 184 Å². The fourth-order valence-electron chi connectivity index (χ4n) is 12.9. The molecule has 12 rings (SSSR count). The number of allylic oxidation sites excluding steroid dienone is 10. The highest BCUT2D eigenvalue weighted by atomic mass is 19.4. The lowest BCUT2D eigenvalue weighted by Crippen LogP contribution is -2.37. The maximum atomic E-state index is 14.5. The van der Waals surface area contributed by atoms with E-state index in [1.807, 2.05) is 0 Å². The molecule has 0 saturated carbocycles. The van der Waals surface area contributed by atoms with Crippen LogP contribution in [0.2, 0.25) is 0 Å². The second-order valence-electron chi connectivity index (χ2n) is 28.5. The average molecular weight is 1200 g/mol. The molecule has 0 heterocycles. The summed E-state index contributed by atoms with van der Waals surface area (Å²) < 4.78 is 87.1. The van der Waals surface area contributed by atoms with Crippen LogP contribution in [0.3, 0.4) is 0 Å². The molecular weight excluding hydrogens is 1130 g/mol. The van der Waals surface area contributed by atoms with Gasteiger partial charge < -0.3 is 9.80 Å². The van der Waals surface area contributed by atoms with Crippen molar-refractivity contribution in [2.75, 3.05) is 9.80 Å². The summed E-state index contributed by atoms with van der Waals surface area (Å²) in [6.07, 6.45) is 7.92. The molecule has 0 fully saturated rings. The predicted molar refractivity (Wildman–Crippen MR) is 362 cm³/mol. The van der Waals surface area contributed by atoms with Crippen LogP contribution in [0.25, 0.3) is 44.5 Å². The van der Waals surface area contributed by atoms with Gasteiger partial charge >= 0.3 is 12.4 Å². The summed E-state index contributed by atoms with van der Waals surface area (Å²) in [6, 6.07) is 57.7. The van der Waals surface area contributed by atoms with Crippen molar-refractivity contribution in [3.05, 3.63) is 298 Å². The van der Waals surface area contributed by atoms with Gasteiger partial charge in [0.05, 0.1) is 28.6 Å². The molecule has 0 amide bonds. The quantitative estimate of drug-likeness (QED) is 0.126. The van der Waals surface area contributed by atoms with Crippen molar-refractivity contribution in [2.24, 2.45) is 5.92 Å². The van der Waals surface area contributed by atoms with Crippen LogP contribution in [0.1, 0.15) is 116 Å². The number of anilines is 4. The van der Waals surface area contributed by atoms with Gasteiger partial charge in [-0.15, -0.1) is 0 Å². The van der Waals surface area contributed by atoms with Crippen molar-refractivity contribution in [3.8, 4) is 44.5 Å². The highest BCUT2D eigenvalue weighted by Gasteiger charge is 2.42. The van der Waals surface area contributed by atoms with Crippen molar-refractivity contribution < 1.29 is 26.3 Å². The molecule has 0 bridgehead atoms. The molecule has 8 heteroatoms. The van der Waals surface area contributed by atoms with Crippen molar-refractivity contribution in [1.82, 2.24) is 0 Å². The van der Waals surface area contributed by atoms with Gasteiger partial charge in [-0.1, -0.05) is 235 Å². The van der Waals surface area contributed by atoms with Crippen LogP contribution in [0, 0.1) is 5.92 Å². The number of hydrogen-bond donors (Lipinski definition) is 0. The number of alkyl halides is 6. The number of halogens is 6. The molecule has 4 aliphatic rings. The molecule has 0 saturated heterocycles. The van der Waals surface area contributed by atoms with Crippen molar-refractivity contribution in [3.63, 3.8) is 0 Å². The Balaban J connectivity index is 1.03. The summed E-state index contributed by atoms with van der Waals surface area (Å²) in [5.74, 6) is -0.332. The zero-order valence-electron chi connectivity index (χ0n) is 53.3. The highest BCUT2D eigenvalue weighted by Crippen LogP contribution is 2.54. The molecule has 90 heavy (non-hydrogen) atoms. The van der Waals surface area contributed by atoms with Crippen LogP contribution in [-0.4, -0.2) is 6.04 Å². The molecule has 0 N–H and O–H groups in total. The normalized spacial score (nSPS) is 16.7. The van der Waals surface area contributed by atoms with E-state index in [-0.39, 0.29) is 27.6 Å². The van der Waals surface area contributed by atoms with Crippen LogP contribution >= 0.6 is 0 Å². The first-order valence-corrected chi connectivity index (χ1v) is 31.0. The third kappa shape index (κ3) is 11.9. The van der Waals surface area contributed by atoms with Gasteiger partial charge in [0.15, 0.2) is 0 Å². The van der Waals surface area contributed by atoms with Gasteiger partial charge in [-0.2, -0.15) is 26.3 Å². The monoisotopic (exact) mass is 1200 g/mol. The minimum atomic E-state index is -4.56. The van der Waals surface area contributed by atoms with E-state index in [9.17, 15) is 26.3 Å². The summed E-state index contributed by atoms with van der Waals surface area (Å²) in [4.78, 5) is 4.28. The second kappa shape index (κ2) is 22.6. The zero-order valence-corrected chi connectivity index (χ0v) is 53.3. The minimum absolute atomic E-state index is 0.0435. The maximum absolute atomic E-state index is 14.5. The third-order valence-electron chi connectivity index (χ3n) is 18.2. The Kier molecular flexibility index (Phi) is 15.4. The smallest absolute Gasteiger partial charge is 0.330 e. The van der Waals surface area contributed by atoms with E-state index < -0.39 is 29.5 Å². The molecule has 4 aliphatic carbocycles. The van der Waals surface area contributed by atoms with E-state index in [1.165, 1.54) is 22.3 Å². The molecule has 2 atom stereocenters. The molecule has 8 aromatic rings. The summed E-state index contributed by atoms with van der Waals surface area (Å²) >= 11 is 0. The van der Waals surface area contributed by atoms with Crippen molar-refractivity contribution in [2.45, 2.75) is 123 Å². The summed E-state index contributed by atoms with van der Waals surface area (Å²) in [6.45, 7) is 26.3. The van der Waals surface area contributed by atoms with E-state index in [2.05, 4.69) is 275 Å². The maximum Gasteiger partial charge on any atom is 0.416 e. The third-order valence-corrected chi connectivity index (χ3v) is 18.2. The Bertz CT molecular complexity index is 4280. The van der Waals surface area contributed by atoms with E-state index in [0.717, 1.165) is 114 Å². The van der Waals surface area contributed by atoms with Gasteiger partial charge in [-0.25, -0.2) is 0 Å². The summed E-state index contributed by atoms with van der Waals surface area (Å²) in [7, 11) is 0. The fraction of sp³-hybridized carbons (Fsp3) is 0.244. The molecule has 0 aromatic heterocycles. The standard InChI is InChI=1S/C82H76F6N2/c1-77(2,3)59-27-13-51(14-28-59)57-25-47-73(69(49-57)53-17-31-61(32-18-53)79(7,8)9)89(65-39-35-63(36-40-65)81(83,84)85)71-45-23-55-22-44-68-72(46-24-56-21-43-67(71)75(55)76(56)68)90(66-41-37-64(38-42-66)82(86,87)88)74-48-26-58(52-15-29-60(30-16-52)78(4,5)6)50-70(74)54-19-33-62(34-20-54)80(10,11)12/h13-50,71,76H,1-12H3. The van der Waals surface area contributed by atoms with Crippen molar-refractivity contribution >= 4 is 22.7 Å². The molecule has 0 aliphatic heterocycles. The number of rotatable bonds is 10. The summed E-state index contributed by atoms with van der Waals surface area (Å²) in [5, 5.41) is 0. The lowest BCUT2D eigenvalue weighted by molar-refractivity contribution is -0.138. The van der Waals surface area contributed by atoms with Crippen LogP contribution in [-0.2, 0) is 34.0 Å². The van der Waals surface area contributed by atoms with Crippen molar-refractivity contribution in [1.29, 1.82) is 0 Å². The van der Waals surface area contributed by atoms with E-state index >= 15 is 0 Å². The topological polar surface area (TPSA) is 6.48 Å². The molecule has 0 spiro atoms. The Hall–Kier alpha value is -8.88. The predicted octanol–water partition coefficient (Wildman–Crippen LogP) is 23.7. The average Bonchev–Trinajstić information content (AvgIpc) is 0.727. The van der Waals surface area contributed by atoms with Gasteiger partial charge in [-0.3, -0.25) is 0 Å². The first kappa shape index (κ1) is 61.4. The number of nitrogens with zero attached hydrogens (tertiary/aromatic N) is 2. The van der Waals surface area contributed by atoms with E-state index in [0.29, 0.717) is 11.4 Å². The van der Waals surface area contributed by atoms with E-state index in [1.54, 1.807) is 24.3 Å². The Morgan fingerprint density at radius 3 is 1.17 bits per heavy atom. The molecule has 456 valence electrons. The van der Waals surface area contributed by atoms with Gasteiger partial charge in [0.2, 0.25) is 0 Å². The minimum Gasteiger partial charge on any atom is -0.330 e. The Morgan fingerprint density at radius 2 is 0.733 bits per heavy atom. The molecule has 2 nitrogen and oxygen atoms in total. The van der Waals surface area contributed by atoms with E-state index in [4.69, 9.17) is 0 Å². The van der Waals surface area contributed by atoms with Crippen LogP contribution in [0.4, 0.5) is 49.1 Å². The highest BCUT2D eigenvalue weighted by molar-refractivity contribution is 5.91. The first-order valence-electron chi connectivity index (χ1n) is 31.0. The lowest BCUT2D eigenvalue weighted by atomic mass is 9.67. The van der Waals surface area contributed by atoms with Gasteiger partial charge in [0, 0.05) is 34.1 Å². The first-order chi connectivity index (χ1) is 42.4. The molecule has 0 radical (unpaired) electrons. The van der Waals surface area contributed by atoms with Gasteiger partial charge in [0.1, 0.15) is 0 Å². The SMILES string of the molecule is CC(C)(C)c1ccc(-c2ccc(N(C3=C4C=CC5=C6C(=CC=C(C=C3)C46)C(N(c3ccc(C(F)(F)F)cc3)c3ccc(-c4ccc(C(C)(C)C)cc4)cc3-c3ccc(C(C)(C)C)cc3)C=C5)c3ccc(C(F)(F)F)cc3)c(-c3ccc(C(C)(C)C)cc3)c2)cc1. The molecule has 2 unspecified atom stereocenters. The molecular formula is C82H76F6N2.